The summed E-state index contributed by atoms with van der Waals surface area (Å²) in [7, 11) is 0. The Morgan fingerprint density at radius 2 is 2.14 bits per heavy atom. The van der Waals surface area contributed by atoms with Crippen LogP contribution in [0.5, 0.6) is 0 Å². The van der Waals surface area contributed by atoms with Gasteiger partial charge in [0.05, 0.1) is 12.7 Å². The normalized spacial score (nSPS) is 30.8. The lowest BCUT2D eigenvalue weighted by atomic mass is 9.90. The van der Waals surface area contributed by atoms with E-state index in [2.05, 4.69) is 51.1 Å². The third-order valence-electron chi connectivity index (χ3n) is 4.51. The molecular weight excluding hydrogens is 312 g/mol. The van der Waals surface area contributed by atoms with Crippen LogP contribution in [-0.4, -0.2) is 16.6 Å². The molecule has 118 valence electrons. The van der Waals surface area contributed by atoms with Crippen molar-refractivity contribution in [1.29, 1.82) is 0 Å². The number of hydrogen-bond acceptors (Lipinski definition) is 2. The Kier molecular flexibility index (Phi) is 5.01. The van der Waals surface area contributed by atoms with Gasteiger partial charge < -0.3 is 4.74 Å². The summed E-state index contributed by atoms with van der Waals surface area (Å²) in [5, 5.41) is 1.96. The Morgan fingerprint density at radius 1 is 1.32 bits per heavy atom. The molecule has 1 aromatic rings. The molecule has 1 saturated heterocycles. The third kappa shape index (κ3) is 3.61. The van der Waals surface area contributed by atoms with Crippen LogP contribution in [0.1, 0.15) is 30.0 Å². The van der Waals surface area contributed by atoms with Crippen LogP contribution in [0.2, 0.25) is 0 Å². The lowest BCUT2D eigenvalue weighted by Gasteiger charge is -2.39. The van der Waals surface area contributed by atoms with Crippen molar-refractivity contribution in [3.05, 3.63) is 58.1 Å². The summed E-state index contributed by atoms with van der Waals surface area (Å²) in [6.07, 6.45) is 7.78. The van der Waals surface area contributed by atoms with Gasteiger partial charge in [-0.25, -0.2) is 0 Å². The molecule has 0 bridgehead atoms. The highest BCUT2D eigenvalue weighted by molar-refractivity contribution is 8.00. The van der Waals surface area contributed by atoms with Crippen LogP contribution in [0, 0.1) is 19.8 Å². The van der Waals surface area contributed by atoms with Gasteiger partial charge >= 0.3 is 0 Å². The molecule has 1 aliphatic carbocycles. The molecular formula is C19H23ClOS. The zero-order valence-corrected chi connectivity index (χ0v) is 15.0. The molecule has 0 unspecified atom stereocenters. The smallest absolute Gasteiger partial charge is 0.0723 e. The van der Waals surface area contributed by atoms with E-state index in [1.54, 1.807) is 0 Å². The molecule has 2 aliphatic rings. The van der Waals surface area contributed by atoms with Crippen molar-refractivity contribution in [1.82, 2.24) is 0 Å². The summed E-state index contributed by atoms with van der Waals surface area (Å²) in [5.41, 5.74) is 3.90. The summed E-state index contributed by atoms with van der Waals surface area (Å²) >= 11 is 8.24. The van der Waals surface area contributed by atoms with Crippen LogP contribution in [0.4, 0.5) is 0 Å². The second-order valence-corrected chi connectivity index (χ2v) is 8.47. The fourth-order valence-electron chi connectivity index (χ4n) is 3.30. The average Bonchev–Trinajstić information content (AvgIpc) is 2.46. The van der Waals surface area contributed by atoms with E-state index < -0.39 is 0 Å². The third-order valence-corrected chi connectivity index (χ3v) is 6.20. The molecule has 1 heterocycles. The highest BCUT2D eigenvalue weighted by atomic mass is 35.5. The summed E-state index contributed by atoms with van der Waals surface area (Å²) in [6.45, 7) is 7.27. The Labute approximate surface area is 142 Å². The fourth-order valence-corrected chi connectivity index (χ4v) is 4.96. The molecule has 1 aromatic carbocycles. The van der Waals surface area contributed by atoms with E-state index >= 15 is 0 Å². The molecule has 1 nitrogen and oxygen atoms in total. The van der Waals surface area contributed by atoms with Crippen LogP contribution in [0.15, 0.2) is 41.5 Å². The zero-order chi connectivity index (χ0) is 15.7. The molecule has 0 radical (unpaired) electrons. The maximum absolute atomic E-state index is 6.33. The van der Waals surface area contributed by atoms with Gasteiger partial charge in [0.15, 0.2) is 0 Å². The highest BCUT2D eigenvalue weighted by Crippen LogP contribution is 2.42. The quantitative estimate of drug-likeness (QED) is 0.732. The Hall–Kier alpha value is -0.700. The molecule has 1 aliphatic heterocycles. The van der Waals surface area contributed by atoms with Gasteiger partial charge in [-0.3, -0.25) is 0 Å². The molecule has 4 atom stereocenters. The van der Waals surface area contributed by atoms with Crippen molar-refractivity contribution in [2.75, 3.05) is 0 Å². The molecule has 3 heteroatoms. The first-order valence-corrected chi connectivity index (χ1v) is 9.23. The standard InChI is InChI=1S/C19H23ClOS/c1-12-4-5-15(13(2)8-12)11-21-18-9-14(3)22-19-7-6-16(20)10-17(18)19/h4-8,10,14,17-19H,9,11H2,1-3H3/t14-,17+,18+,19+/m0/s1. The molecule has 0 amide bonds. The summed E-state index contributed by atoms with van der Waals surface area (Å²) < 4.78 is 6.33. The van der Waals surface area contributed by atoms with Gasteiger partial charge in [-0.2, -0.15) is 11.8 Å². The number of benzene rings is 1. The van der Waals surface area contributed by atoms with E-state index in [-0.39, 0.29) is 6.10 Å². The second kappa shape index (κ2) is 6.82. The van der Waals surface area contributed by atoms with E-state index in [0.29, 0.717) is 23.0 Å². The van der Waals surface area contributed by atoms with Crippen molar-refractivity contribution < 1.29 is 4.74 Å². The molecule has 0 spiro atoms. The Bertz CT molecular complexity index is 607. The minimum atomic E-state index is 0.251. The van der Waals surface area contributed by atoms with Gasteiger partial charge in [0, 0.05) is 21.5 Å². The van der Waals surface area contributed by atoms with Crippen LogP contribution in [0.3, 0.4) is 0 Å². The van der Waals surface area contributed by atoms with E-state index in [4.69, 9.17) is 16.3 Å². The zero-order valence-electron chi connectivity index (χ0n) is 13.4. The van der Waals surface area contributed by atoms with E-state index in [1.807, 2.05) is 17.8 Å². The van der Waals surface area contributed by atoms with Crippen molar-refractivity contribution in [2.45, 2.75) is 50.4 Å². The van der Waals surface area contributed by atoms with Gasteiger partial charge in [-0.1, -0.05) is 54.4 Å². The molecule has 0 aromatic heterocycles. The molecule has 1 fully saturated rings. The van der Waals surface area contributed by atoms with Gasteiger partial charge in [0.2, 0.25) is 0 Å². The second-order valence-electron chi connectivity index (χ2n) is 6.41. The van der Waals surface area contributed by atoms with Crippen LogP contribution in [0.25, 0.3) is 0 Å². The summed E-state index contributed by atoms with van der Waals surface area (Å²) in [4.78, 5) is 0. The van der Waals surface area contributed by atoms with Crippen molar-refractivity contribution in [2.24, 2.45) is 5.92 Å². The first-order chi connectivity index (χ1) is 10.5. The lowest BCUT2D eigenvalue weighted by Crippen LogP contribution is -2.38. The van der Waals surface area contributed by atoms with Crippen LogP contribution in [-0.2, 0) is 11.3 Å². The average molecular weight is 335 g/mol. The minimum Gasteiger partial charge on any atom is -0.373 e. The number of fused-ring (bicyclic) bond motifs is 1. The van der Waals surface area contributed by atoms with Gasteiger partial charge in [0.1, 0.15) is 0 Å². The maximum Gasteiger partial charge on any atom is 0.0723 e. The Balaban J connectivity index is 1.71. The SMILES string of the molecule is Cc1ccc(CO[C@@H]2C[C@H](C)S[C@@H]3C=CC(Cl)=C[C@H]23)c(C)c1. The predicted molar refractivity (Wildman–Crippen MR) is 96.5 cm³/mol. The number of thioether (sulfide) groups is 1. The van der Waals surface area contributed by atoms with Crippen LogP contribution < -0.4 is 0 Å². The first kappa shape index (κ1) is 16.2. The van der Waals surface area contributed by atoms with Gasteiger partial charge in [0.25, 0.3) is 0 Å². The van der Waals surface area contributed by atoms with Crippen molar-refractivity contribution >= 4 is 23.4 Å². The highest BCUT2D eigenvalue weighted by Gasteiger charge is 2.36. The van der Waals surface area contributed by atoms with Crippen LogP contribution >= 0.6 is 23.4 Å². The topological polar surface area (TPSA) is 9.23 Å². The molecule has 22 heavy (non-hydrogen) atoms. The molecule has 0 saturated carbocycles. The molecule has 3 rings (SSSR count). The minimum absolute atomic E-state index is 0.251. The van der Waals surface area contributed by atoms with Crippen molar-refractivity contribution in [3.63, 3.8) is 0 Å². The number of aryl methyl sites for hydroxylation is 2. The van der Waals surface area contributed by atoms with Gasteiger partial charge in [-0.15, -0.1) is 0 Å². The number of ether oxygens (including phenoxy) is 1. The predicted octanol–water partition coefficient (Wildman–Crippen LogP) is 5.39. The van der Waals surface area contributed by atoms with E-state index in [9.17, 15) is 0 Å². The number of hydrogen-bond donors (Lipinski definition) is 0. The number of halogens is 1. The maximum atomic E-state index is 6.33. The number of rotatable bonds is 3. The first-order valence-electron chi connectivity index (χ1n) is 7.91. The largest absolute Gasteiger partial charge is 0.373 e. The summed E-state index contributed by atoms with van der Waals surface area (Å²) in [5.74, 6) is 0.393. The fraction of sp³-hybridized carbons (Fsp3) is 0.474. The Morgan fingerprint density at radius 3 is 2.91 bits per heavy atom. The number of allylic oxidation sites excluding steroid dienone is 2. The van der Waals surface area contributed by atoms with E-state index in [0.717, 1.165) is 11.5 Å². The lowest BCUT2D eigenvalue weighted by molar-refractivity contribution is 0.00694. The summed E-state index contributed by atoms with van der Waals surface area (Å²) in [6, 6.07) is 6.57. The van der Waals surface area contributed by atoms with Crippen molar-refractivity contribution in [3.8, 4) is 0 Å². The van der Waals surface area contributed by atoms with E-state index in [1.165, 1.54) is 16.7 Å². The molecule has 0 N–H and O–H groups in total. The monoisotopic (exact) mass is 334 g/mol. The van der Waals surface area contributed by atoms with Gasteiger partial charge in [-0.05, 0) is 37.5 Å².